The van der Waals surface area contributed by atoms with Gasteiger partial charge >= 0.3 is 0 Å². The maximum absolute atomic E-state index is 14.1. The van der Waals surface area contributed by atoms with Gasteiger partial charge in [-0.1, -0.05) is 18.2 Å². The molecule has 4 rings (SSSR count). The summed E-state index contributed by atoms with van der Waals surface area (Å²) in [4.78, 5) is 4.03. The number of nitrogens with zero attached hydrogens (tertiary/aromatic N) is 2. The van der Waals surface area contributed by atoms with Crippen LogP contribution < -0.4 is 4.74 Å². The van der Waals surface area contributed by atoms with E-state index in [9.17, 15) is 4.39 Å². The SMILES string of the molecule is Fc1cc(Cn2ccnc2)cc(-c2cccc3c2OCCC3)c1. The van der Waals surface area contributed by atoms with Crippen LogP contribution in [0.1, 0.15) is 17.5 Å². The average molecular weight is 308 g/mol. The lowest BCUT2D eigenvalue weighted by atomic mass is 9.96. The highest BCUT2D eigenvalue weighted by molar-refractivity contribution is 5.73. The van der Waals surface area contributed by atoms with Crippen LogP contribution in [0.15, 0.2) is 55.1 Å². The van der Waals surface area contributed by atoms with Gasteiger partial charge in [0.2, 0.25) is 0 Å². The first kappa shape index (κ1) is 14.0. The zero-order valence-electron chi connectivity index (χ0n) is 12.7. The third kappa shape index (κ3) is 2.84. The van der Waals surface area contributed by atoms with Gasteiger partial charge in [0.15, 0.2) is 0 Å². The van der Waals surface area contributed by atoms with E-state index in [1.807, 2.05) is 29.0 Å². The van der Waals surface area contributed by atoms with Gasteiger partial charge in [-0.15, -0.1) is 0 Å². The molecule has 0 saturated carbocycles. The number of hydrogen-bond donors (Lipinski definition) is 0. The van der Waals surface area contributed by atoms with E-state index in [1.165, 1.54) is 5.56 Å². The molecule has 0 fully saturated rings. The minimum atomic E-state index is -0.231. The van der Waals surface area contributed by atoms with Crippen molar-refractivity contribution in [1.82, 2.24) is 9.55 Å². The second-order valence-corrected chi connectivity index (χ2v) is 5.83. The van der Waals surface area contributed by atoms with Crippen molar-refractivity contribution in [3.8, 4) is 16.9 Å². The summed E-state index contributed by atoms with van der Waals surface area (Å²) >= 11 is 0. The molecule has 0 atom stereocenters. The first-order chi connectivity index (χ1) is 11.3. The number of ether oxygens (including phenoxy) is 1. The highest BCUT2D eigenvalue weighted by atomic mass is 19.1. The number of aryl methyl sites for hydroxylation is 1. The van der Waals surface area contributed by atoms with Crippen molar-refractivity contribution in [2.24, 2.45) is 0 Å². The molecule has 4 heteroatoms. The number of imidazole rings is 1. The average Bonchev–Trinajstić information content (AvgIpc) is 3.06. The quantitative estimate of drug-likeness (QED) is 0.729. The van der Waals surface area contributed by atoms with E-state index in [-0.39, 0.29) is 5.82 Å². The van der Waals surface area contributed by atoms with Crippen molar-refractivity contribution in [2.45, 2.75) is 19.4 Å². The van der Waals surface area contributed by atoms with Crippen molar-refractivity contribution in [3.63, 3.8) is 0 Å². The van der Waals surface area contributed by atoms with Crippen LogP contribution in [0.2, 0.25) is 0 Å². The van der Waals surface area contributed by atoms with Crippen molar-refractivity contribution in [2.75, 3.05) is 6.61 Å². The minimum Gasteiger partial charge on any atom is -0.493 e. The maximum atomic E-state index is 14.1. The normalized spacial score (nSPS) is 13.4. The molecule has 0 bridgehead atoms. The monoisotopic (exact) mass is 308 g/mol. The fraction of sp³-hybridized carbons (Fsp3) is 0.211. The molecule has 0 spiro atoms. The molecule has 0 aliphatic carbocycles. The van der Waals surface area contributed by atoms with Gasteiger partial charge in [-0.25, -0.2) is 9.37 Å². The molecule has 2 heterocycles. The molecule has 0 amide bonds. The van der Waals surface area contributed by atoms with E-state index < -0.39 is 0 Å². The van der Waals surface area contributed by atoms with E-state index in [0.29, 0.717) is 6.54 Å². The van der Waals surface area contributed by atoms with Gasteiger partial charge in [-0.3, -0.25) is 0 Å². The van der Waals surface area contributed by atoms with Crippen LogP contribution >= 0.6 is 0 Å². The van der Waals surface area contributed by atoms with E-state index >= 15 is 0 Å². The number of hydrogen-bond acceptors (Lipinski definition) is 2. The van der Waals surface area contributed by atoms with Gasteiger partial charge in [0, 0.05) is 24.5 Å². The summed E-state index contributed by atoms with van der Waals surface area (Å²) < 4.78 is 21.9. The molecule has 1 aromatic heterocycles. The molecule has 0 saturated heterocycles. The Morgan fingerprint density at radius 1 is 1.22 bits per heavy atom. The third-order valence-electron chi connectivity index (χ3n) is 4.13. The van der Waals surface area contributed by atoms with Crippen LogP contribution in [-0.2, 0) is 13.0 Å². The number of halogens is 1. The summed E-state index contributed by atoms with van der Waals surface area (Å²) in [6.45, 7) is 1.32. The molecule has 1 aliphatic heterocycles. The van der Waals surface area contributed by atoms with Crippen molar-refractivity contribution in [1.29, 1.82) is 0 Å². The molecule has 3 aromatic rings. The summed E-state index contributed by atoms with van der Waals surface area (Å²) in [6, 6.07) is 11.3. The van der Waals surface area contributed by atoms with E-state index in [4.69, 9.17) is 4.74 Å². The molecule has 0 unspecified atom stereocenters. The first-order valence-electron chi connectivity index (χ1n) is 7.80. The highest BCUT2D eigenvalue weighted by Gasteiger charge is 2.16. The molecule has 3 nitrogen and oxygen atoms in total. The van der Waals surface area contributed by atoms with Crippen LogP contribution in [0.5, 0.6) is 5.75 Å². The lowest BCUT2D eigenvalue weighted by Gasteiger charge is -2.20. The van der Waals surface area contributed by atoms with Crippen LogP contribution in [0.4, 0.5) is 4.39 Å². The van der Waals surface area contributed by atoms with E-state index in [1.54, 1.807) is 24.7 Å². The molecule has 0 N–H and O–H groups in total. The molecular weight excluding hydrogens is 291 g/mol. The molecule has 116 valence electrons. The van der Waals surface area contributed by atoms with Crippen molar-refractivity contribution in [3.05, 3.63) is 72.1 Å². The smallest absolute Gasteiger partial charge is 0.130 e. The lowest BCUT2D eigenvalue weighted by Crippen LogP contribution is -2.09. The summed E-state index contributed by atoms with van der Waals surface area (Å²) in [5, 5.41) is 0. The summed E-state index contributed by atoms with van der Waals surface area (Å²) in [6.07, 6.45) is 7.38. The Balaban J connectivity index is 1.76. The number of rotatable bonds is 3. The molecular formula is C19H17FN2O. The molecule has 23 heavy (non-hydrogen) atoms. The van der Waals surface area contributed by atoms with Gasteiger partial charge in [0.05, 0.1) is 12.9 Å². The van der Waals surface area contributed by atoms with Crippen molar-refractivity contribution < 1.29 is 9.13 Å². The largest absolute Gasteiger partial charge is 0.493 e. The summed E-state index contributed by atoms with van der Waals surface area (Å²) in [7, 11) is 0. The zero-order chi connectivity index (χ0) is 15.6. The second-order valence-electron chi connectivity index (χ2n) is 5.83. The summed E-state index contributed by atoms with van der Waals surface area (Å²) in [5.74, 6) is 0.670. The molecule has 1 aliphatic rings. The Morgan fingerprint density at radius 3 is 3.04 bits per heavy atom. The van der Waals surface area contributed by atoms with Crippen molar-refractivity contribution >= 4 is 0 Å². The Kier molecular flexibility index (Phi) is 3.58. The highest BCUT2D eigenvalue weighted by Crippen LogP contribution is 2.36. The Morgan fingerprint density at radius 2 is 2.17 bits per heavy atom. The predicted octanol–water partition coefficient (Wildman–Crippen LogP) is 4.06. The molecule has 0 radical (unpaired) electrons. The van der Waals surface area contributed by atoms with E-state index in [2.05, 4.69) is 11.1 Å². The molecule has 2 aromatic carbocycles. The lowest BCUT2D eigenvalue weighted by molar-refractivity contribution is 0.289. The van der Waals surface area contributed by atoms with Gasteiger partial charge in [-0.05, 0) is 47.7 Å². The number of benzene rings is 2. The van der Waals surface area contributed by atoms with Crippen LogP contribution in [0.3, 0.4) is 0 Å². The van der Waals surface area contributed by atoms with Gasteiger partial charge in [-0.2, -0.15) is 0 Å². The first-order valence-corrected chi connectivity index (χ1v) is 7.80. The number of aromatic nitrogens is 2. The van der Waals surface area contributed by atoms with E-state index in [0.717, 1.165) is 41.9 Å². The standard InChI is InChI=1S/C19H17FN2O/c20-17-10-14(12-22-7-6-21-13-22)9-16(11-17)18-5-1-3-15-4-2-8-23-19(15)18/h1,3,5-7,9-11,13H,2,4,8,12H2. The van der Waals surface area contributed by atoms with Gasteiger partial charge in [0.25, 0.3) is 0 Å². The van der Waals surface area contributed by atoms with Crippen LogP contribution in [0.25, 0.3) is 11.1 Å². The van der Waals surface area contributed by atoms with Crippen LogP contribution in [0, 0.1) is 5.82 Å². The number of fused-ring (bicyclic) bond motifs is 1. The number of para-hydroxylation sites is 1. The second kappa shape index (κ2) is 5.88. The Labute approximate surface area is 134 Å². The fourth-order valence-corrected chi connectivity index (χ4v) is 3.10. The fourth-order valence-electron chi connectivity index (χ4n) is 3.10. The van der Waals surface area contributed by atoms with Crippen LogP contribution in [-0.4, -0.2) is 16.2 Å². The minimum absolute atomic E-state index is 0.231. The predicted molar refractivity (Wildman–Crippen MR) is 87.0 cm³/mol. The zero-order valence-corrected chi connectivity index (χ0v) is 12.7. The Bertz CT molecular complexity index is 827. The van der Waals surface area contributed by atoms with Gasteiger partial charge < -0.3 is 9.30 Å². The maximum Gasteiger partial charge on any atom is 0.130 e. The topological polar surface area (TPSA) is 27.1 Å². The summed E-state index contributed by atoms with van der Waals surface area (Å²) in [5.41, 5.74) is 3.94. The Hall–Kier alpha value is -2.62. The van der Waals surface area contributed by atoms with Gasteiger partial charge in [0.1, 0.15) is 11.6 Å². The third-order valence-corrected chi connectivity index (χ3v) is 4.13.